The number of phenolic OH excluding ortho intramolecular Hbond substituents is 1. The lowest BCUT2D eigenvalue weighted by atomic mass is 9.89. The number of aryl methyl sites for hydroxylation is 1. The topological polar surface area (TPSA) is 29.5 Å². The highest BCUT2D eigenvalue weighted by atomic mass is 35.5. The lowest BCUT2D eigenvalue weighted by Gasteiger charge is -2.27. The van der Waals surface area contributed by atoms with Gasteiger partial charge >= 0.3 is 0 Å². The molecule has 0 radical (unpaired) electrons. The molecule has 0 aliphatic heterocycles. The summed E-state index contributed by atoms with van der Waals surface area (Å²) in [6.07, 6.45) is 2.71. The van der Waals surface area contributed by atoms with Crippen LogP contribution in [0.1, 0.15) is 30.1 Å². The summed E-state index contributed by atoms with van der Waals surface area (Å²) in [6, 6.07) is 8.10. The number of rotatable bonds is 2. The molecule has 0 saturated carbocycles. The molecule has 1 atom stereocenters. The molecule has 22 heavy (non-hydrogen) atoms. The van der Waals surface area contributed by atoms with Crippen molar-refractivity contribution in [2.45, 2.75) is 25.4 Å². The van der Waals surface area contributed by atoms with Gasteiger partial charge in [-0.05, 0) is 30.4 Å². The summed E-state index contributed by atoms with van der Waals surface area (Å²) in [6.45, 7) is 0. The van der Waals surface area contributed by atoms with Gasteiger partial charge in [-0.15, -0.1) is 0 Å². The Morgan fingerprint density at radius 3 is 2.27 bits per heavy atom. The molecule has 1 aliphatic carbocycles. The van der Waals surface area contributed by atoms with Gasteiger partial charge in [0.2, 0.25) is 0 Å². The van der Waals surface area contributed by atoms with E-state index in [1.807, 2.05) is 18.2 Å². The summed E-state index contributed by atoms with van der Waals surface area (Å²) in [7, 11) is 0. The Bertz CT molecular complexity index is 701. The summed E-state index contributed by atoms with van der Waals surface area (Å²) in [5, 5.41) is 9.78. The van der Waals surface area contributed by atoms with Crippen LogP contribution in [0.3, 0.4) is 0 Å². The maximum atomic E-state index is 9.77. The van der Waals surface area contributed by atoms with E-state index in [4.69, 9.17) is 51.1 Å². The summed E-state index contributed by atoms with van der Waals surface area (Å²) in [5.74, 6) is -0.132. The molecular weight excluding hydrogens is 366 g/mol. The maximum Gasteiger partial charge on any atom is 0.160 e. The maximum absolute atomic E-state index is 9.77. The Morgan fingerprint density at radius 1 is 0.955 bits per heavy atom. The molecule has 0 heterocycles. The first-order valence-electron chi connectivity index (χ1n) is 6.80. The molecular formula is C16H12Cl4O2. The van der Waals surface area contributed by atoms with Gasteiger partial charge in [0.1, 0.15) is 26.2 Å². The van der Waals surface area contributed by atoms with Crippen molar-refractivity contribution in [2.75, 3.05) is 0 Å². The fraction of sp³-hybridized carbons (Fsp3) is 0.250. The van der Waals surface area contributed by atoms with Gasteiger partial charge in [-0.2, -0.15) is 0 Å². The van der Waals surface area contributed by atoms with Crippen molar-refractivity contribution >= 4 is 46.4 Å². The van der Waals surface area contributed by atoms with Crippen molar-refractivity contribution in [3.63, 3.8) is 0 Å². The zero-order valence-corrected chi connectivity index (χ0v) is 14.4. The molecule has 0 saturated heterocycles. The van der Waals surface area contributed by atoms with Crippen LogP contribution in [0.15, 0.2) is 24.3 Å². The Balaban J connectivity index is 2.02. The van der Waals surface area contributed by atoms with E-state index in [1.165, 1.54) is 5.56 Å². The first-order chi connectivity index (χ1) is 10.5. The largest absolute Gasteiger partial charge is 0.505 e. The van der Waals surface area contributed by atoms with Gasteiger partial charge < -0.3 is 9.84 Å². The van der Waals surface area contributed by atoms with Crippen molar-refractivity contribution in [3.8, 4) is 11.5 Å². The third kappa shape index (κ3) is 2.74. The zero-order chi connectivity index (χ0) is 15.9. The Morgan fingerprint density at radius 2 is 1.59 bits per heavy atom. The number of hydrogen-bond donors (Lipinski definition) is 1. The highest BCUT2D eigenvalue weighted by Crippen LogP contribution is 2.51. The Labute approximate surface area is 148 Å². The van der Waals surface area contributed by atoms with E-state index in [9.17, 15) is 5.11 Å². The molecule has 0 amide bonds. The first-order valence-corrected chi connectivity index (χ1v) is 8.31. The normalized spacial score (nSPS) is 17.2. The predicted octanol–water partition coefficient (Wildman–Crippen LogP) is 6.46. The fourth-order valence-corrected chi connectivity index (χ4v) is 3.59. The molecule has 0 spiro atoms. The molecule has 1 aliphatic rings. The second-order valence-corrected chi connectivity index (χ2v) is 6.64. The van der Waals surface area contributed by atoms with Gasteiger partial charge in [0.25, 0.3) is 0 Å². The van der Waals surface area contributed by atoms with E-state index < -0.39 is 0 Å². The van der Waals surface area contributed by atoms with Crippen molar-refractivity contribution in [3.05, 3.63) is 55.5 Å². The standard InChI is InChI=1S/C16H12Cl4O2/c17-11-13(19)16(14(20)12(18)15(11)21)22-10-7-3-5-8-4-1-2-6-9(8)10/h1-2,4,6,10,21H,3,5,7H2. The predicted molar refractivity (Wildman–Crippen MR) is 90.9 cm³/mol. The minimum atomic E-state index is -0.338. The Hall–Kier alpha value is -0.800. The minimum absolute atomic E-state index is 0.0600. The lowest BCUT2D eigenvalue weighted by molar-refractivity contribution is 0.183. The van der Waals surface area contributed by atoms with Crippen LogP contribution in [0.25, 0.3) is 0 Å². The number of benzene rings is 2. The minimum Gasteiger partial charge on any atom is -0.505 e. The zero-order valence-electron chi connectivity index (χ0n) is 11.4. The molecule has 2 aromatic carbocycles. The average Bonchev–Trinajstić information content (AvgIpc) is 2.55. The van der Waals surface area contributed by atoms with Gasteiger partial charge in [0.05, 0.1) is 0 Å². The molecule has 2 aromatic rings. The van der Waals surface area contributed by atoms with Gasteiger partial charge in [-0.1, -0.05) is 70.7 Å². The molecule has 1 N–H and O–H groups in total. The molecule has 6 heteroatoms. The van der Waals surface area contributed by atoms with E-state index in [2.05, 4.69) is 6.07 Å². The van der Waals surface area contributed by atoms with Crippen molar-refractivity contribution in [1.82, 2.24) is 0 Å². The third-order valence-corrected chi connectivity index (χ3v) is 5.43. The molecule has 2 nitrogen and oxygen atoms in total. The van der Waals surface area contributed by atoms with Crippen molar-refractivity contribution in [2.24, 2.45) is 0 Å². The molecule has 0 fully saturated rings. The van der Waals surface area contributed by atoms with E-state index in [1.54, 1.807) is 0 Å². The van der Waals surface area contributed by atoms with Gasteiger partial charge in [0, 0.05) is 0 Å². The van der Waals surface area contributed by atoms with Gasteiger partial charge in [-0.3, -0.25) is 0 Å². The van der Waals surface area contributed by atoms with Crippen molar-refractivity contribution in [1.29, 1.82) is 0 Å². The van der Waals surface area contributed by atoms with Gasteiger partial charge in [0.15, 0.2) is 11.5 Å². The van der Waals surface area contributed by atoms with E-state index in [0.29, 0.717) is 0 Å². The van der Waals surface area contributed by atoms with Gasteiger partial charge in [-0.25, -0.2) is 0 Å². The molecule has 1 unspecified atom stereocenters. The first kappa shape index (κ1) is 16.1. The second kappa shape index (κ2) is 6.37. The number of ether oxygens (including phenoxy) is 1. The van der Waals surface area contributed by atoms with Crippen LogP contribution in [0.2, 0.25) is 20.1 Å². The fourth-order valence-electron chi connectivity index (χ4n) is 2.68. The quantitative estimate of drug-likeness (QED) is 0.608. The molecule has 116 valence electrons. The van der Waals surface area contributed by atoms with Crippen molar-refractivity contribution < 1.29 is 9.84 Å². The number of phenols is 1. The summed E-state index contributed by atoms with van der Waals surface area (Å²) >= 11 is 24.3. The van der Waals surface area contributed by atoms with E-state index >= 15 is 0 Å². The highest BCUT2D eigenvalue weighted by molar-refractivity contribution is 6.50. The SMILES string of the molecule is Oc1c(Cl)c(Cl)c(OC2CCCc3ccccc32)c(Cl)c1Cl. The average molecular weight is 378 g/mol. The smallest absolute Gasteiger partial charge is 0.160 e. The summed E-state index contributed by atoms with van der Waals surface area (Å²) in [5.41, 5.74) is 2.36. The highest BCUT2D eigenvalue weighted by Gasteiger charge is 2.26. The second-order valence-electron chi connectivity index (χ2n) is 5.13. The molecule has 0 bridgehead atoms. The summed E-state index contributed by atoms with van der Waals surface area (Å²) in [4.78, 5) is 0. The number of fused-ring (bicyclic) bond motifs is 1. The van der Waals surface area contributed by atoms with Crippen LogP contribution < -0.4 is 4.74 Å². The number of hydrogen-bond acceptors (Lipinski definition) is 2. The molecule has 0 aromatic heterocycles. The van der Waals surface area contributed by atoms with Crippen LogP contribution >= 0.6 is 46.4 Å². The number of halogens is 4. The van der Waals surface area contributed by atoms with Crippen LogP contribution in [-0.2, 0) is 6.42 Å². The molecule has 3 rings (SSSR count). The monoisotopic (exact) mass is 376 g/mol. The Kier molecular flexibility index (Phi) is 4.65. The van der Waals surface area contributed by atoms with Crippen LogP contribution in [0.5, 0.6) is 11.5 Å². The van der Waals surface area contributed by atoms with Crippen LogP contribution in [0.4, 0.5) is 0 Å². The van der Waals surface area contributed by atoms with Crippen LogP contribution in [-0.4, -0.2) is 5.11 Å². The van der Waals surface area contributed by atoms with Crippen LogP contribution in [0, 0.1) is 0 Å². The number of aromatic hydroxyl groups is 1. The van der Waals surface area contributed by atoms with E-state index in [0.717, 1.165) is 24.8 Å². The summed E-state index contributed by atoms with van der Waals surface area (Å²) < 4.78 is 6.02. The third-order valence-electron chi connectivity index (χ3n) is 3.77. The van der Waals surface area contributed by atoms with E-state index in [-0.39, 0.29) is 37.7 Å². The lowest BCUT2D eigenvalue weighted by Crippen LogP contribution is -2.15.